The Kier molecular flexibility index (Phi) is 9.69. The molecular weight excluding hydrogens is 536 g/mol. The molecule has 13 heteroatoms. The summed E-state index contributed by atoms with van der Waals surface area (Å²) < 4.78 is 37.2. The van der Waals surface area contributed by atoms with E-state index in [0.29, 0.717) is 34.9 Å². The fourth-order valence-corrected chi connectivity index (χ4v) is 4.49. The van der Waals surface area contributed by atoms with Gasteiger partial charge in [0.15, 0.2) is 11.5 Å². The van der Waals surface area contributed by atoms with Crippen molar-refractivity contribution < 1.29 is 27.5 Å². The van der Waals surface area contributed by atoms with Gasteiger partial charge in [0, 0.05) is 16.8 Å². The van der Waals surface area contributed by atoms with Crippen LogP contribution in [0.15, 0.2) is 71.6 Å². The van der Waals surface area contributed by atoms with Crippen molar-refractivity contribution in [2.75, 3.05) is 11.9 Å². The van der Waals surface area contributed by atoms with Crippen LogP contribution in [-0.4, -0.2) is 38.8 Å². The number of rotatable bonds is 13. The molecule has 0 heterocycles. The third kappa shape index (κ3) is 7.71. The average molecular weight is 569 g/mol. The lowest BCUT2D eigenvalue weighted by atomic mass is 10.0. The van der Waals surface area contributed by atoms with Crippen molar-refractivity contribution in [3.8, 4) is 11.5 Å². The lowest BCUT2D eigenvalue weighted by Crippen LogP contribution is -2.45. The molecule has 0 saturated carbocycles. The summed E-state index contributed by atoms with van der Waals surface area (Å²) in [6, 6.07) is 15.4. The number of hydrazine groups is 1. The number of ether oxygens (including phenoxy) is 2. The van der Waals surface area contributed by atoms with Crippen LogP contribution >= 0.6 is 0 Å². The Balaban J connectivity index is 1.93. The van der Waals surface area contributed by atoms with Crippen molar-refractivity contribution in [2.24, 2.45) is 11.5 Å². The third-order valence-corrected chi connectivity index (χ3v) is 6.72. The molecule has 3 aromatic carbocycles. The molecule has 1 unspecified atom stereocenters. The van der Waals surface area contributed by atoms with E-state index in [9.17, 15) is 18.0 Å². The summed E-state index contributed by atoms with van der Waals surface area (Å²) in [5.41, 5.74) is 14.5. The van der Waals surface area contributed by atoms with Gasteiger partial charge < -0.3 is 26.3 Å². The van der Waals surface area contributed by atoms with E-state index in [4.69, 9.17) is 26.4 Å². The molecule has 0 aliphatic rings. The highest BCUT2D eigenvalue weighted by Gasteiger charge is 2.25. The van der Waals surface area contributed by atoms with Gasteiger partial charge in [-0.1, -0.05) is 12.1 Å². The molecule has 40 heavy (non-hydrogen) atoms. The Bertz CT molecular complexity index is 1490. The van der Waals surface area contributed by atoms with E-state index in [2.05, 4.69) is 15.6 Å². The molecule has 3 rings (SSSR count). The molecule has 0 aliphatic heterocycles. The molecule has 0 aliphatic carbocycles. The SMILES string of the molecule is CCOc1cc(C(Nc2ccc(C(=N)N)cc2)C(=O)NNS(=O)(=O)c2cccc(C(N)=O)c2)ccc1OC(C)C. The molecule has 1 atom stereocenters. The van der Waals surface area contributed by atoms with Gasteiger partial charge in [-0.2, -0.15) is 0 Å². The highest BCUT2D eigenvalue weighted by molar-refractivity contribution is 7.89. The minimum absolute atomic E-state index is 0.00471. The second kappa shape index (κ2) is 13.0. The third-order valence-electron chi connectivity index (χ3n) is 5.47. The predicted octanol–water partition coefficient (Wildman–Crippen LogP) is 2.42. The number of nitrogens with two attached hydrogens (primary N) is 2. The molecular formula is C27H32N6O6S. The monoisotopic (exact) mass is 568 g/mol. The Hall–Kier alpha value is -4.62. The standard InChI is InChI=1S/C27H32N6O6S/c1-4-38-23-15-18(10-13-22(23)39-16(2)3)24(31-20-11-8-17(9-12-20)25(28)29)27(35)32-33-40(36,37)21-7-5-6-19(14-21)26(30)34/h5-16,24,31,33H,4H2,1-3H3,(H3,28,29)(H2,30,34)(H,32,35). The molecule has 0 bridgehead atoms. The topological polar surface area (TPSA) is 199 Å². The normalized spacial score (nSPS) is 11.9. The maximum absolute atomic E-state index is 13.4. The van der Waals surface area contributed by atoms with E-state index in [-0.39, 0.29) is 22.4 Å². The zero-order valence-electron chi connectivity index (χ0n) is 22.2. The molecule has 0 fully saturated rings. The molecule has 3 aromatic rings. The van der Waals surface area contributed by atoms with E-state index < -0.39 is 27.9 Å². The van der Waals surface area contributed by atoms with Crippen LogP contribution in [0.2, 0.25) is 0 Å². The number of benzene rings is 3. The average Bonchev–Trinajstić information content (AvgIpc) is 2.91. The highest BCUT2D eigenvalue weighted by atomic mass is 32.2. The van der Waals surface area contributed by atoms with Crippen LogP contribution in [0, 0.1) is 5.41 Å². The number of hydrogen-bond donors (Lipinski definition) is 6. The van der Waals surface area contributed by atoms with Gasteiger partial charge >= 0.3 is 0 Å². The summed E-state index contributed by atoms with van der Waals surface area (Å²) >= 11 is 0. The lowest BCUT2D eigenvalue weighted by molar-refractivity contribution is -0.122. The lowest BCUT2D eigenvalue weighted by Gasteiger charge is -2.22. The zero-order valence-corrected chi connectivity index (χ0v) is 23.0. The fraction of sp³-hybridized carbons (Fsp3) is 0.222. The summed E-state index contributed by atoms with van der Waals surface area (Å²) in [5, 5.41) is 10.7. The number of nitrogen functional groups attached to an aromatic ring is 1. The largest absolute Gasteiger partial charge is 0.490 e. The van der Waals surface area contributed by atoms with E-state index in [1.54, 1.807) is 42.5 Å². The maximum atomic E-state index is 13.4. The number of sulfonamides is 1. The smallest absolute Gasteiger partial charge is 0.262 e. The van der Waals surface area contributed by atoms with E-state index >= 15 is 0 Å². The van der Waals surface area contributed by atoms with E-state index in [1.165, 1.54) is 18.2 Å². The summed E-state index contributed by atoms with van der Waals surface area (Å²) in [5.74, 6) is -0.760. The molecule has 12 nitrogen and oxygen atoms in total. The minimum Gasteiger partial charge on any atom is -0.490 e. The predicted molar refractivity (Wildman–Crippen MR) is 151 cm³/mol. The summed E-state index contributed by atoms with van der Waals surface area (Å²) in [6.45, 7) is 5.90. The van der Waals surface area contributed by atoms with Gasteiger partial charge in [-0.25, -0.2) is 8.42 Å². The number of carbonyl (C=O) groups is 2. The summed E-state index contributed by atoms with van der Waals surface area (Å²) in [6.07, 6.45) is -0.121. The number of anilines is 1. The number of primary amides is 1. The van der Waals surface area contributed by atoms with Crippen LogP contribution in [0.4, 0.5) is 5.69 Å². The zero-order chi connectivity index (χ0) is 29.4. The first kappa shape index (κ1) is 29.9. The number of hydrogen-bond acceptors (Lipinski definition) is 8. The van der Waals surface area contributed by atoms with Crippen molar-refractivity contribution in [3.05, 3.63) is 83.4 Å². The quantitative estimate of drug-likeness (QED) is 0.103. The van der Waals surface area contributed by atoms with Crippen LogP contribution in [0.5, 0.6) is 11.5 Å². The van der Waals surface area contributed by atoms with Gasteiger partial charge in [0.2, 0.25) is 5.91 Å². The highest BCUT2D eigenvalue weighted by Crippen LogP contribution is 2.33. The van der Waals surface area contributed by atoms with E-state index in [1.807, 2.05) is 20.8 Å². The number of amidine groups is 1. The molecule has 2 amide bonds. The second-order valence-electron chi connectivity index (χ2n) is 8.86. The van der Waals surface area contributed by atoms with Gasteiger partial charge in [0.25, 0.3) is 15.9 Å². The fourth-order valence-electron chi connectivity index (χ4n) is 3.60. The first-order valence-electron chi connectivity index (χ1n) is 12.3. The van der Waals surface area contributed by atoms with Crippen molar-refractivity contribution in [1.82, 2.24) is 10.3 Å². The first-order chi connectivity index (χ1) is 18.9. The first-order valence-corrected chi connectivity index (χ1v) is 13.8. The Morgan fingerprint density at radius 1 is 0.950 bits per heavy atom. The molecule has 0 spiro atoms. The second-order valence-corrected chi connectivity index (χ2v) is 10.5. The molecule has 0 aromatic heterocycles. The molecule has 0 radical (unpaired) electrons. The van der Waals surface area contributed by atoms with Crippen LogP contribution in [0.1, 0.15) is 48.3 Å². The van der Waals surface area contributed by atoms with Gasteiger partial charge in [0.1, 0.15) is 11.9 Å². The molecule has 8 N–H and O–H groups in total. The number of amides is 2. The van der Waals surface area contributed by atoms with Gasteiger partial charge in [-0.05, 0) is 80.9 Å². The van der Waals surface area contributed by atoms with Crippen molar-refractivity contribution >= 4 is 33.4 Å². The number of carbonyl (C=O) groups excluding carboxylic acids is 2. The van der Waals surface area contributed by atoms with Gasteiger partial charge in [-0.15, -0.1) is 4.83 Å². The summed E-state index contributed by atoms with van der Waals surface area (Å²) in [4.78, 5) is 26.7. The van der Waals surface area contributed by atoms with Crippen LogP contribution in [0.3, 0.4) is 0 Å². The van der Waals surface area contributed by atoms with Crippen LogP contribution < -0.4 is 36.5 Å². The van der Waals surface area contributed by atoms with Crippen molar-refractivity contribution in [1.29, 1.82) is 5.41 Å². The van der Waals surface area contributed by atoms with Crippen LogP contribution in [-0.2, 0) is 14.8 Å². The number of nitrogens with one attached hydrogen (secondary N) is 4. The van der Waals surface area contributed by atoms with Crippen molar-refractivity contribution in [2.45, 2.75) is 37.8 Å². The Labute approximate surface area is 232 Å². The van der Waals surface area contributed by atoms with Crippen LogP contribution in [0.25, 0.3) is 0 Å². The maximum Gasteiger partial charge on any atom is 0.262 e. The Morgan fingerprint density at radius 2 is 1.65 bits per heavy atom. The van der Waals surface area contributed by atoms with Gasteiger partial charge in [-0.3, -0.25) is 20.4 Å². The summed E-state index contributed by atoms with van der Waals surface area (Å²) in [7, 11) is -4.25. The molecule has 0 saturated heterocycles. The molecule has 212 valence electrons. The van der Waals surface area contributed by atoms with Gasteiger partial charge in [0.05, 0.1) is 17.6 Å². The minimum atomic E-state index is -4.25. The Morgan fingerprint density at radius 3 is 2.25 bits per heavy atom. The van der Waals surface area contributed by atoms with E-state index in [0.717, 1.165) is 6.07 Å². The van der Waals surface area contributed by atoms with Crippen molar-refractivity contribution in [3.63, 3.8) is 0 Å².